The Hall–Kier alpha value is -0.120. The summed E-state index contributed by atoms with van der Waals surface area (Å²) in [6.07, 6.45) is 0. The van der Waals surface area contributed by atoms with E-state index in [9.17, 15) is 0 Å². The van der Waals surface area contributed by atoms with Crippen molar-refractivity contribution >= 4 is 0 Å². The molecular weight excluding hydrogens is 186 g/mol. The monoisotopic (exact) mass is 213 g/mol. The van der Waals surface area contributed by atoms with E-state index >= 15 is 0 Å². The maximum Gasteiger partial charge on any atom is 0.0254 e. The smallest absolute Gasteiger partial charge is 0.0254 e. The topological polar surface area (TPSA) is 18.5 Å². The third-order valence-electron chi connectivity index (χ3n) is 3.61. The van der Waals surface area contributed by atoms with Crippen molar-refractivity contribution in [1.29, 1.82) is 0 Å². The van der Waals surface area contributed by atoms with Gasteiger partial charge >= 0.3 is 0 Å². The van der Waals surface area contributed by atoms with E-state index in [1.165, 1.54) is 13.1 Å². The molecule has 0 saturated carbocycles. The Labute approximate surface area is 94.8 Å². The lowest BCUT2D eigenvalue weighted by atomic mass is 10.1. The lowest BCUT2D eigenvalue weighted by Gasteiger charge is -2.30. The average molecular weight is 213 g/mol. The normalized spacial score (nSPS) is 29.0. The molecule has 1 aliphatic rings. The van der Waals surface area contributed by atoms with Gasteiger partial charge in [-0.25, -0.2) is 0 Å². The molecule has 15 heavy (non-hydrogen) atoms. The van der Waals surface area contributed by atoms with Crippen LogP contribution in [0.4, 0.5) is 0 Å². The van der Waals surface area contributed by atoms with Gasteiger partial charge in [0.05, 0.1) is 0 Å². The molecule has 1 N–H and O–H groups in total. The summed E-state index contributed by atoms with van der Waals surface area (Å²) in [5.74, 6) is 0.785. The molecule has 2 atom stereocenters. The third kappa shape index (κ3) is 3.44. The fraction of sp³-hybridized carbons (Fsp3) is 1.00. The maximum absolute atomic E-state index is 3.37. The van der Waals surface area contributed by atoms with Crippen molar-refractivity contribution in [2.24, 2.45) is 5.92 Å². The van der Waals surface area contributed by atoms with Crippen LogP contribution >= 0.6 is 0 Å². The predicted molar refractivity (Wildman–Crippen MR) is 66.2 cm³/mol. The molecule has 3 nitrogen and oxygen atoms in total. The highest BCUT2D eigenvalue weighted by atomic mass is 15.3. The van der Waals surface area contributed by atoms with E-state index in [1.807, 2.05) is 7.05 Å². The van der Waals surface area contributed by atoms with E-state index in [0.717, 1.165) is 18.5 Å². The first-order valence-electron chi connectivity index (χ1n) is 5.93. The molecule has 2 unspecified atom stereocenters. The van der Waals surface area contributed by atoms with Gasteiger partial charge in [0.2, 0.25) is 0 Å². The lowest BCUT2D eigenvalue weighted by Crippen LogP contribution is -2.47. The second-order valence-electron chi connectivity index (χ2n) is 5.84. The third-order valence-corrected chi connectivity index (χ3v) is 3.61. The SMILES string of the molecule is CNC(C)(C)CN1CC(C)C(N(C)C)C1. The number of hydrogen-bond donors (Lipinski definition) is 1. The molecule has 0 aromatic heterocycles. The molecule has 1 saturated heterocycles. The van der Waals surface area contributed by atoms with Crippen molar-refractivity contribution in [3.63, 3.8) is 0 Å². The number of hydrogen-bond acceptors (Lipinski definition) is 3. The van der Waals surface area contributed by atoms with Gasteiger partial charge in [-0.15, -0.1) is 0 Å². The van der Waals surface area contributed by atoms with Crippen LogP contribution in [0.1, 0.15) is 20.8 Å². The standard InChI is InChI=1S/C12H27N3/c1-10-7-15(8-11(10)14(5)6)9-12(2,3)13-4/h10-11,13H,7-9H2,1-6H3. The minimum atomic E-state index is 0.223. The Morgan fingerprint density at radius 3 is 2.33 bits per heavy atom. The summed E-state index contributed by atoms with van der Waals surface area (Å²) in [4.78, 5) is 4.93. The van der Waals surface area contributed by atoms with E-state index in [-0.39, 0.29) is 5.54 Å². The van der Waals surface area contributed by atoms with Crippen molar-refractivity contribution in [2.45, 2.75) is 32.4 Å². The number of likely N-dealkylation sites (N-methyl/N-ethyl adjacent to an activating group) is 2. The van der Waals surface area contributed by atoms with Crippen LogP contribution in [0.2, 0.25) is 0 Å². The van der Waals surface area contributed by atoms with Crippen LogP contribution in [0.15, 0.2) is 0 Å². The summed E-state index contributed by atoms with van der Waals surface area (Å²) in [6, 6.07) is 0.720. The highest BCUT2D eigenvalue weighted by molar-refractivity contribution is 4.90. The van der Waals surface area contributed by atoms with E-state index in [1.54, 1.807) is 0 Å². The fourth-order valence-electron chi connectivity index (χ4n) is 2.49. The van der Waals surface area contributed by atoms with Gasteiger partial charge in [-0.1, -0.05) is 6.92 Å². The molecule has 0 aromatic rings. The van der Waals surface area contributed by atoms with Gasteiger partial charge in [-0.2, -0.15) is 0 Å². The van der Waals surface area contributed by atoms with Crippen LogP contribution in [0, 0.1) is 5.92 Å². The molecule has 1 rings (SSSR count). The second kappa shape index (κ2) is 4.81. The Kier molecular flexibility index (Phi) is 4.15. The van der Waals surface area contributed by atoms with Gasteiger partial charge in [0.1, 0.15) is 0 Å². The summed E-state index contributed by atoms with van der Waals surface area (Å²) < 4.78 is 0. The van der Waals surface area contributed by atoms with E-state index in [2.05, 4.69) is 50.0 Å². The van der Waals surface area contributed by atoms with E-state index in [0.29, 0.717) is 0 Å². The van der Waals surface area contributed by atoms with Crippen molar-refractivity contribution in [3.8, 4) is 0 Å². The quantitative estimate of drug-likeness (QED) is 0.747. The average Bonchev–Trinajstić information content (AvgIpc) is 2.46. The number of likely N-dealkylation sites (tertiary alicyclic amines) is 1. The highest BCUT2D eigenvalue weighted by Gasteiger charge is 2.33. The molecule has 0 amide bonds. The van der Waals surface area contributed by atoms with Crippen molar-refractivity contribution in [1.82, 2.24) is 15.1 Å². The molecular formula is C12H27N3. The summed E-state index contributed by atoms with van der Waals surface area (Å²) in [5, 5.41) is 3.37. The van der Waals surface area contributed by atoms with Gasteiger partial charge in [0.25, 0.3) is 0 Å². The molecule has 0 radical (unpaired) electrons. The predicted octanol–water partition coefficient (Wildman–Crippen LogP) is 0.866. The lowest BCUT2D eigenvalue weighted by molar-refractivity contribution is 0.221. The van der Waals surface area contributed by atoms with Crippen LogP contribution in [0.25, 0.3) is 0 Å². The fourth-order valence-corrected chi connectivity index (χ4v) is 2.49. The van der Waals surface area contributed by atoms with Gasteiger partial charge in [-0.3, -0.25) is 4.90 Å². The number of nitrogens with zero attached hydrogens (tertiary/aromatic N) is 2. The second-order valence-corrected chi connectivity index (χ2v) is 5.84. The van der Waals surface area contributed by atoms with Gasteiger partial charge in [-0.05, 0) is 40.9 Å². The van der Waals surface area contributed by atoms with Crippen LogP contribution in [-0.2, 0) is 0 Å². The molecule has 3 heteroatoms. The molecule has 90 valence electrons. The highest BCUT2D eigenvalue weighted by Crippen LogP contribution is 2.21. The zero-order chi connectivity index (χ0) is 11.6. The Morgan fingerprint density at radius 1 is 1.33 bits per heavy atom. The Balaban J connectivity index is 2.48. The molecule has 0 aliphatic carbocycles. The maximum atomic E-state index is 3.37. The number of nitrogens with one attached hydrogen (secondary N) is 1. The van der Waals surface area contributed by atoms with Gasteiger partial charge < -0.3 is 10.2 Å². The minimum Gasteiger partial charge on any atom is -0.314 e. The Morgan fingerprint density at radius 2 is 1.93 bits per heavy atom. The van der Waals surface area contributed by atoms with E-state index in [4.69, 9.17) is 0 Å². The van der Waals surface area contributed by atoms with Crippen molar-refractivity contribution < 1.29 is 0 Å². The zero-order valence-electron chi connectivity index (χ0n) is 11.2. The molecule has 1 fully saturated rings. The summed E-state index contributed by atoms with van der Waals surface area (Å²) in [7, 11) is 6.42. The first-order chi connectivity index (χ1) is 6.85. The Bertz CT molecular complexity index is 201. The molecule has 1 heterocycles. The van der Waals surface area contributed by atoms with Gasteiger partial charge in [0, 0.05) is 31.2 Å². The first kappa shape index (κ1) is 12.9. The first-order valence-corrected chi connectivity index (χ1v) is 5.93. The van der Waals surface area contributed by atoms with Crippen molar-refractivity contribution in [2.75, 3.05) is 40.8 Å². The number of rotatable bonds is 4. The minimum absolute atomic E-state index is 0.223. The molecule has 1 aliphatic heterocycles. The van der Waals surface area contributed by atoms with Crippen LogP contribution in [0.5, 0.6) is 0 Å². The molecule has 0 bridgehead atoms. The van der Waals surface area contributed by atoms with E-state index < -0.39 is 0 Å². The molecule has 0 spiro atoms. The van der Waals surface area contributed by atoms with Crippen molar-refractivity contribution in [3.05, 3.63) is 0 Å². The van der Waals surface area contributed by atoms with Crippen LogP contribution in [0.3, 0.4) is 0 Å². The zero-order valence-corrected chi connectivity index (χ0v) is 11.2. The molecule has 0 aromatic carbocycles. The largest absolute Gasteiger partial charge is 0.314 e. The van der Waals surface area contributed by atoms with Crippen LogP contribution < -0.4 is 5.32 Å². The van der Waals surface area contributed by atoms with Gasteiger partial charge in [0.15, 0.2) is 0 Å². The van der Waals surface area contributed by atoms with Crippen LogP contribution in [-0.4, -0.2) is 62.2 Å². The summed E-state index contributed by atoms with van der Waals surface area (Å²) in [5.41, 5.74) is 0.223. The summed E-state index contributed by atoms with van der Waals surface area (Å²) in [6.45, 7) is 10.5. The summed E-state index contributed by atoms with van der Waals surface area (Å²) >= 11 is 0.